The lowest BCUT2D eigenvalue weighted by atomic mass is 9.60. The number of carbonyl (C=O) groups is 1. The Labute approximate surface area is 204 Å². The number of nitrogens with one attached hydrogen (secondary N) is 1. The molecule has 2 fully saturated rings. The summed E-state index contributed by atoms with van der Waals surface area (Å²) in [5.74, 6) is -3.64. The van der Waals surface area contributed by atoms with Crippen molar-refractivity contribution in [2.75, 3.05) is 23.3 Å². The summed E-state index contributed by atoms with van der Waals surface area (Å²) in [5, 5.41) is 22.4. The first-order chi connectivity index (χ1) is 16.5. The van der Waals surface area contributed by atoms with E-state index in [1.54, 1.807) is 11.0 Å². The number of nitrogens with zero attached hydrogens (tertiary/aromatic N) is 5. The van der Waals surface area contributed by atoms with Gasteiger partial charge in [-0.2, -0.15) is 5.26 Å². The van der Waals surface area contributed by atoms with Crippen molar-refractivity contribution in [1.29, 1.82) is 5.26 Å². The number of aromatic nitrogens is 3. The van der Waals surface area contributed by atoms with E-state index in [9.17, 15) is 23.9 Å². The van der Waals surface area contributed by atoms with Gasteiger partial charge in [-0.05, 0) is 44.0 Å². The highest BCUT2D eigenvalue weighted by atomic mass is 35.5. The van der Waals surface area contributed by atoms with Crippen LogP contribution >= 0.6 is 11.6 Å². The van der Waals surface area contributed by atoms with Crippen LogP contribution < -0.4 is 10.2 Å². The summed E-state index contributed by atoms with van der Waals surface area (Å²) in [7, 11) is 0. The van der Waals surface area contributed by atoms with E-state index < -0.39 is 23.3 Å². The lowest BCUT2D eigenvalue weighted by Crippen LogP contribution is -2.70. The van der Waals surface area contributed by atoms with Gasteiger partial charge in [0.1, 0.15) is 11.2 Å². The Morgan fingerprint density at radius 1 is 1.26 bits per heavy atom. The third kappa shape index (κ3) is 3.71. The fourth-order valence-electron chi connectivity index (χ4n) is 4.87. The van der Waals surface area contributed by atoms with Crippen molar-refractivity contribution in [1.82, 2.24) is 15.0 Å². The van der Waals surface area contributed by atoms with Crippen LogP contribution in [0.3, 0.4) is 0 Å². The first-order valence-corrected chi connectivity index (χ1v) is 11.4. The molecule has 2 aromatic heterocycles. The molecule has 1 atom stereocenters. The van der Waals surface area contributed by atoms with E-state index in [4.69, 9.17) is 16.6 Å². The molecule has 1 aromatic carbocycles. The van der Waals surface area contributed by atoms with Crippen molar-refractivity contribution in [2.45, 2.75) is 38.7 Å². The average molecular weight is 499 g/mol. The molecule has 2 aliphatic rings. The minimum atomic E-state index is -2.70. The highest BCUT2D eigenvalue weighted by Crippen LogP contribution is 2.59. The number of rotatable bonds is 5. The van der Waals surface area contributed by atoms with Crippen molar-refractivity contribution < 1.29 is 18.7 Å². The van der Waals surface area contributed by atoms with E-state index in [0.717, 1.165) is 5.56 Å². The molecule has 35 heavy (non-hydrogen) atoms. The number of benzene rings is 1. The zero-order chi connectivity index (χ0) is 25.1. The van der Waals surface area contributed by atoms with Crippen LogP contribution in [0.25, 0.3) is 11.0 Å². The number of carboxylic acids is 1. The van der Waals surface area contributed by atoms with Crippen molar-refractivity contribution >= 4 is 40.1 Å². The zero-order valence-corrected chi connectivity index (χ0v) is 19.7. The summed E-state index contributed by atoms with van der Waals surface area (Å²) in [5.41, 5.74) is 1.69. The molecule has 1 aliphatic heterocycles. The topological polar surface area (TPSA) is 115 Å². The first-order valence-electron chi connectivity index (χ1n) is 11.1. The molecule has 0 bridgehead atoms. The summed E-state index contributed by atoms with van der Waals surface area (Å²) < 4.78 is 28.2. The van der Waals surface area contributed by atoms with Crippen molar-refractivity contribution in [3.63, 3.8) is 0 Å². The number of alkyl halides is 2. The number of fused-ring (bicyclic) bond motifs is 1. The fraction of sp³-hybridized carbons (Fsp3) is 0.375. The maximum absolute atomic E-state index is 14.1. The molecular formula is C24H21ClF2N6O2. The van der Waals surface area contributed by atoms with Crippen LogP contribution in [0.2, 0.25) is 5.15 Å². The standard InChI is InChI=1S/C24H21ClF2N6O2/c1-12-7-14(13(2)29-15-3-4-18(25)31-20(15)22(34)35)19-16(8-12)30-17(9-28)21(32-19)33-10-23(11-33)5-6-24(23,26)27/h3-4,7-8,13,29H,5-6,10-11H2,1-2H3,(H,34,35)/t13-/m1/s1. The number of nitriles is 1. The molecule has 11 heteroatoms. The van der Waals surface area contributed by atoms with Crippen LogP contribution in [0, 0.1) is 23.7 Å². The van der Waals surface area contributed by atoms with Crippen LogP contribution in [0.4, 0.5) is 20.3 Å². The summed E-state index contributed by atoms with van der Waals surface area (Å²) in [4.78, 5) is 26.4. The van der Waals surface area contributed by atoms with E-state index in [2.05, 4.69) is 15.3 Å². The normalized spacial score (nSPS) is 18.5. The Hall–Kier alpha value is -3.58. The Morgan fingerprint density at radius 3 is 2.60 bits per heavy atom. The van der Waals surface area contributed by atoms with Crippen molar-refractivity contribution in [3.8, 4) is 6.07 Å². The summed E-state index contributed by atoms with van der Waals surface area (Å²) in [6.07, 6.45) is 0.339. The quantitative estimate of drug-likeness (QED) is 0.474. The molecule has 8 nitrogen and oxygen atoms in total. The molecule has 0 unspecified atom stereocenters. The van der Waals surface area contributed by atoms with Crippen LogP contribution in [-0.2, 0) is 0 Å². The number of pyridine rings is 1. The predicted octanol–water partition coefficient (Wildman–Crippen LogP) is 4.97. The maximum atomic E-state index is 14.1. The molecule has 1 spiro atoms. The van der Waals surface area contributed by atoms with Gasteiger partial charge < -0.3 is 15.3 Å². The minimum absolute atomic E-state index is 0.0607. The van der Waals surface area contributed by atoms with Gasteiger partial charge in [0.15, 0.2) is 17.2 Å². The van der Waals surface area contributed by atoms with Crippen LogP contribution in [0.5, 0.6) is 0 Å². The van der Waals surface area contributed by atoms with Gasteiger partial charge in [0, 0.05) is 25.1 Å². The van der Waals surface area contributed by atoms with E-state index in [1.807, 2.05) is 26.0 Å². The maximum Gasteiger partial charge on any atom is 0.356 e. The molecule has 3 aromatic rings. The predicted molar refractivity (Wildman–Crippen MR) is 126 cm³/mol. The Kier molecular flexibility index (Phi) is 5.29. The molecule has 1 saturated carbocycles. The van der Waals surface area contributed by atoms with E-state index in [-0.39, 0.29) is 47.6 Å². The van der Waals surface area contributed by atoms with Crippen molar-refractivity contribution in [2.24, 2.45) is 5.41 Å². The number of carboxylic acid groups (broad SMARTS) is 1. The van der Waals surface area contributed by atoms with Crippen LogP contribution in [0.15, 0.2) is 24.3 Å². The van der Waals surface area contributed by atoms with E-state index in [1.165, 1.54) is 12.1 Å². The SMILES string of the molecule is Cc1cc([C@@H](C)Nc2ccc(Cl)nc2C(=O)O)c2nc(N3CC4(CCC4(F)F)C3)c(C#N)nc2c1. The van der Waals surface area contributed by atoms with Gasteiger partial charge in [-0.3, -0.25) is 0 Å². The monoisotopic (exact) mass is 498 g/mol. The second-order valence-electron chi connectivity index (χ2n) is 9.27. The second-order valence-corrected chi connectivity index (χ2v) is 9.66. The summed E-state index contributed by atoms with van der Waals surface area (Å²) in [6, 6.07) is 8.35. The third-order valence-corrected chi connectivity index (χ3v) is 7.12. The largest absolute Gasteiger partial charge is 0.476 e. The van der Waals surface area contributed by atoms with Crippen molar-refractivity contribution in [3.05, 3.63) is 51.9 Å². The molecule has 180 valence electrons. The van der Waals surface area contributed by atoms with Crippen LogP contribution in [0.1, 0.15) is 53.1 Å². The summed E-state index contributed by atoms with van der Waals surface area (Å²) >= 11 is 5.86. The number of halogens is 3. The van der Waals surface area contributed by atoms with Gasteiger partial charge >= 0.3 is 5.97 Å². The van der Waals surface area contributed by atoms with E-state index >= 15 is 0 Å². The lowest BCUT2D eigenvalue weighted by molar-refractivity contribution is -0.212. The molecule has 1 saturated heterocycles. The van der Waals surface area contributed by atoms with E-state index in [0.29, 0.717) is 23.0 Å². The molecule has 2 N–H and O–H groups in total. The molecular weight excluding hydrogens is 478 g/mol. The van der Waals surface area contributed by atoms with Gasteiger partial charge in [0.05, 0.1) is 28.2 Å². The lowest BCUT2D eigenvalue weighted by Gasteiger charge is -2.60. The Balaban J connectivity index is 1.53. The van der Waals surface area contributed by atoms with Crippen LogP contribution in [-0.4, -0.2) is 45.0 Å². The molecule has 0 amide bonds. The average Bonchev–Trinajstić information content (AvgIpc) is 2.77. The van der Waals surface area contributed by atoms with Gasteiger partial charge in [0.2, 0.25) is 0 Å². The molecule has 1 aliphatic carbocycles. The number of anilines is 2. The number of hydrogen-bond acceptors (Lipinski definition) is 7. The highest BCUT2D eigenvalue weighted by molar-refractivity contribution is 6.29. The minimum Gasteiger partial charge on any atom is -0.476 e. The Morgan fingerprint density at radius 2 is 2.00 bits per heavy atom. The third-order valence-electron chi connectivity index (χ3n) is 6.91. The number of hydrogen-bond donors (Lipinski definition) is 2. The molecule has 0 radical (unpaired) electrons. The first kappa shape index (κ1) is 23.2. The van der Waals surface area contributed by atoms with Gasteiger partial charge in [-0.15, -0.1) is 0 Å². The molecule has 3 heterocycles. The second kappa shape index (κ2) is 7.99. The number of aromatic carboxylic acids is 1. The van der Waals surface area contributed by atoms with Gasteiger partial charge in [0.25, 0.3) is 5.92 Å². The zero-order valence-electron chi connectivity index (χ0n) is 18.9. The Bertz CT molecular complexity index is 1420. The number of aryl methyl sites for hydroxylation is 1. The highest BCUT2D eigenvalue weighted by Gasteiger charge is 2.67. The van der Waals surface area contributed by atoms with Gasteiger partial charge in [-0.1, -0.05) is 17.7 Å². The fourth-order valence-corrected chi connectivity index (χ4v) is 5.01. The molecule has 5 rings (SSSR count). The van der Waals surface area contributed by atoms with Gasteiger partial charge in [-0.25, -0.2) is 28.5 Å². The smallest absolute Gasteiger partial charge is 0.356 e. The summed E-state index contributed by atoms with van der Waals surface area (Å²) in [6.45, 7) is 3.97.